The fourth-order valence-electron chi connectivity index (χ4n) is 2.61. The number of aromatic nitrogens is 1. The average Bonchev–Trinajstić information content (AvgIpc) is 2.10. The summed E-state index contributed by atoms with van der Waals surface area (Å²) in [5.41, 5.74) is 6.01. The molecule has 0 aromatic carbocycles. The summed E-state index contributed by atoms with van der Waals surface area (Å²) in [4.78, 5) is 6.52. The SMILES string of the molecule is CC1(C)CN(c2cc(N)cc(Cl)n2)CC(C)(C)O1. The predicted molar refractivity (Wildman–Crippen MR) is 75.1 cm³/mol. The molecule has 4 nitrogen and oxygen atoms in total. The molecule has 18 heavy (non-hydrogen) atoms. The summed E-state index contributed by atoms with van der Waals surface area (Å²) in [7, 11) is 0. The first-order valence-corrected chi connectivity index (χ1v) is 6.43. The van der Waals surface area contributed by atoms with E-state index >= 15 is 0 Å². The molecule has 0 spiro atoms. The molecule has 0 saturated carbocycles. The highest BCUT2D eigenvalue weighted by atomic mass is 35.5. The van der Waals surface area contributed by atoms with E-state index in [0.717, 1.165) is 18.9 Å². The summed E-state index contributed by atoms with van der Waals surface area (Å²) >= 11 is 5.96. The fraction of sp³-hybridized carbons (Fsp3) is 0.615. The number of anilines is 2. The van der Waals surface area contributed by atoms with Gasteiger partial charge in [-0.1, -0.05) is 11.6 Å². The van der Waals surface area contributed by atoms with E-state index in [1.165, 1.54) is 0 Å². The highest BCUT2D eigenvalue weighted by Crippen LogP contribution is 2.31. The average molecular weight is 270 g/mol. The monoisotopic (exact) mass is 269 g/mol. The molecule has 2 N–H and O–H groups in total. The van der Waals surface area contributed by atoms with E-state index in [4.69, 9.17) is 22.1 Å². The highest BCUT2D eigenvalue weighted by molar-refractivity contribution is 6.29. The van der Waals surface area contributed by atoms with Gasteiger partial charge in [0, 0.05) is 24.8 Å². The van der Waals surface area contributed by atoms with Crippen LogP contribution in [0.3, 0.4) is 0 Å². The Morgan fingerprint density at radius 1 is 1.22 bits per heavy atom. The number of halogens is 1. The van der Waals surface area contributed by atoms with Crippen LogP contribution in [0.4, 0.5) is 11.5 Å². The number of nitrogens with zero attached hydrogens (tertiary/aromatic N) is 2. The van der Waals surface area contributed by atoms with Crippen LogP contribution in [0.5, 0.6) is 0 Å². The van der Waals surface area contributed by atoms with Crippen LogP contribution < -0.4 is 10.6 Å². The van der Waals surface area contributed by atoms with Gasteiger partial charge in [-0.15, -0.1) is 0 Å². The number of morpholine rings is 1. The second-order valence-electron chi connectivity index (χ2n) is 6.06. The molecule has 1 saturated heterocycles. The van der Waals surface area contributed by atoms with Crippen molar-refractivity contribution in [3.63, 3.8) is 0 Å². The third-order valence-electron chi connectivity index (χ3n) is 2.82. The standard InChI is InChI=1S/C13H20ClN3O/c1-12(2)7-17(8-13(3,4)18-12)11-6-9(15)5-10(14)16-11/h5-6H,7-8H2,1-4H3,(H2,15,16). The van der Waals surface area contributed by atoms with Crippen molar-refractivity contribution in [1.82, 2.24) is 4.98 Å². The molecule has 1 aliphatic heterocycles. The molecule has 2 rings (SSSR count). The van der Waals surface area contributed by atoms with Gasteiger partial charge in [-0.2, -0.15) is 0 Å². The number of nitrogen functional groups attached to an aromatic ring is 1. The second kappa shape index (κ2) is 4.28. The number of nitrogens with two attached hydrogens (primary N) is 1. The third kappa shape index (κ3) is 3.06. The fourth-order valence-corrected chi connectivity index (χ4v) is 2.83. The lowest BCUT2D eigenvalue weighted by Gasteiger charge is -2.47. The minimum absolute atomic E-state index is 0.222. The smallest absolute Gasteiger partial charge is 0.133 e. The number of hydrogen-bond donors (Lipinski definition) is 1. The molecule has 5 heteroatoms. The lowest BCUT2D eigenvalue weighted by Crippen LogP contribution is -2.57. The van der Waals surface area contributed by atoms with E-state index in [0.29, 0.717) is 10.8 Å². The van der Waals surface area contributed by atoms with Gasteiger partial charge >= 0.3 is 0 Å². The zero-order valence-electron chi connectivity index (χ0n) is 11.3. The molecule has 1 fully saturated rings. The number of hydrogen-bond acceptors (Lipinski definition) is 4. The Kier molecular flexibility index (Phi) is 3.19. The van der Waals surface area contributed by atoms with Gasteiger partial charge in [0.25, 0.3) is 0 Å². The molecule has 1 aliphatic rings. The maximum atomic E-state index is 6.04. The van der Waals surface area contributed by atoms with Gasteiger partial charge in [-0.25, -0.2) is 4.98 Å². The van der Waals surface area contributed by atoms with Crippen LogP contribution in [0.2, 0.25) is 5.15 Å². The summed E-state index contributed by atoms with van der Waals surface area (Å²) < 4.78 is 6.04. The Balaban J connectivity index is 2.32. The second-order valence-corrected chi connectivity index (χ2v) is 6.45. The summed E-state index contributed by atoms with van der Waals surface area (Å²) in [6, 6.07) is 3.51. The van der Waals surface area contributed by atoms with Gasteiger partial charge < -0.3 is 15.4 Å². The Morgan fingerprint density at radius 2 is 1.78 bits per heavy atom. The molecule has 2 heterocycles. The zero-order valence-corrected chi connectivity index (χ0v) is 12.1. The van der Waals surface area contributed by atoms with E-state index in [9.17, 15) is 0 Å². The van der Waals surface area contributed by atoms with Crippen LogP contribution >= 0.6 is 11.6 Å². The van der Waals surface area contributed by atoms with Crippen LogP contribution in [0.15, 0.2) is 12.1 Å². The predicted octanol–water partition coefficient (Wildman–Crippen LogP) is 2.71. The Bertz CT molecular complexity index is 423. The van der Waals surface area contributed by atoms with Gasteiger partial charge in [0.05, 0.1) is 11.2 Å². The molecule has 1 aromatic rings. The van der Waals surface area contributed by atoms with E-state index in [1.807, 2.05) is 6.07 Å². The molecular weight excluding hydrogens is 250 g/mol. The van der Waals surface area contributed by atoms with Crippen LogP contribution in [-0.4, -0.2) is 29.3 Å². The minimum atomic E-state index is -0.222. The molecule has 0 unspecified atom stereocenters. The summed E-state index contributed by atoms with van der Waals surface area (Å²) in [6.45, 7) is 9.85. The summed E-state index contributed by atoms with van der Waals surface area (Å²) in [5, 5.41) is 0.423. The lowest BCUT2D eigenvalue weighted by molar-refractivity contribution is -0.133. The van der Waals surface area contributed by atoms with Crippen LogP contribution in [0, 0.1) is 0 Å². The minimum Gasteiger partial charge on any atom is -0.399 e. The van der Waals surface area contributed by atoms with Crippen molar-refractivity contribution in [2.75, 3.05) is 23.7 Å². The van der Waals surface area contributed by atoms with Crippen molar-refractivity contribution in [2.24, 2.45) is 0 Å². The van der Waals surface area contributed by atoms with E-state index in [-0.39, 0.29) is 11.2 Å². The molecule has 0 amide bonds. The first-order valence-electron chi connectivity index (χ1n) is 6.05. The lowest BCUT2D eigenvalue weighted by atomic mass is 9.99. The molecule has 100 valence electrons. The van der Waals surface area contributed by atoms with Gasteiger partial charge in [0.15, 0.2) is 0 Å². The molecule has 0 bridgehead atoms. The third-order valence-corrected chi connectivity index (χ3v) is 3.02. The Labute approximate surface area is 113 Å². The quantitative estimate of drug-likeness (QED) is 0.797. The van der Waals surface area contributed by atoms with Crippen molar-refractivity contribution in [3.05, 3.63) is 17.3 Å². The van der Waals surface area contributed by atoms with Crippen molar-refractivity contribution in [1.29, 1.82) is 0 Å². The molecule has 1 aromatic heterocycles. The molecule has 0 aliphatic carbocycles. The highest BCUT2D eigenvalue weighted by Gasteiger charge is 2.38. The van der Waals surface area contributed by atoms with Gasteiger partial charge in [-0.05, 0) is 33.8 Å². The maximum Gasteiger partial charge on any atom is 0.133 e. The Morgan fingerprint density at radius 3 is 2.28 bits per heavy atom. The first kappa shape index (κ1) is 13.4. The van der Waals surface area contributed by atoms with Crippen molar-refractivity contribution in [3.8, 4) is 0 Å². The summed E-state index contributed by atoms with van der Waals surface area (Å²) in [6.07, 6.45) is 0. The van der Waals surface area contributed by atoms with E-state index in [2.05, 4.69) is 37.6 Å². The van der Waals surface area contributed by atoms with Crippen molar-refractivity contribution in [2.45, 2.75) is 38.9 Å². The van der Waals surface area contributed by atoms with Crippen molar-refractivity contribution < 1.29 is 4.74 Å². The Hall–Kier alpha value is -1.00. The van der Waals surface area contributed by atoms with Gasteiger partial charge in [0.1, 0.15) is 11.0 Å². The van der Waals surface area contributed by atoms with Gasteiger partial charge in [0.2, 0.25) is 0 Å². The molecular formula is C13H20ClN3O. The van der Waals surface area contributed by atoms with Crippen LogP contribution in [-0.2, 0) is 4.74 Å². The largest absolute Gasteiger partial charge is 0.399 e. The zero-order chi connectivity index (χ0) is 13.6. The van der Waals surface area contributed by atoms with Crippen LogP contribution in [0.25, 0.3) is 0 Å². The number of ether oxygens (including phenoxy) is 1. The van der Waals surface area contributed by atoms with E-state index < -0.39 is 0 Å². The van der Waals surface area contributed by atoms with Crippen molar-refractivity contribution >= 4 is 23.1 Å². The van der Waals surface area contributed by atoms with Crippen LogP contribution in [0.1, 0.15) is 27.7 Å². The topological polar surface area (TPSA) is 51.4 Å². The van der Waals surface area contributed by atoms with E-state index in [1.54, 1.807) is 6.07 Å². The molecule has 0 atom stereocenters. The molecule has 0 radical (unpaired) electrons. The summed E-state index contributed by atoms with van der Waals surface area (Å²) in [5.74, 6) is 0.810. The maximum absolute atomic E-state index is 6.04. The number of pyridine rings is 1. The normalized spacial score (nSPS) is 21.9. The van der Waals surface area contributed by atoms with Gasteiger partial charge in [-0.3, -0.25) is 0 Å². The first-order chi connectivity index (χ1) is 8.17. The number of rotatable bonds is 1.